The van der Waals surface area contributed by atoms with Crippen LogP contribution in [0.4, 0.5) is 4.39 Å². The summed E-state index contributed by atoms with van der Waals surface area (Å²) in [5.74, 6) is 2.47. The summed E-state index contributed by atoms with van der Waals surface area (Å²) in [4.78, 5) is 4.53. The fourth-order valence-electron chi connectivity index (χ4n) is 2.99. The van der Waals surface area contributed by atoms with E-state index >= 15 is 0 Å². The minimum Gasteiger partial charge on any atom is -0.357 e. The molecule has 1 aliphatic heterocycles. The third-order valence-electron chi connectivity index (χ3n) is 4.25. The molecule has 0 saturated carbocycles. The zero-order valence-electron chi connectivity index (χ0n) is 15.0. The standard InChI is InChI=1S/C18H25FN6.HI/c1-2-20-18(21-12-14-7-6-8-15(19)11-14)22-13-17-24-23-16-9-4-3-5-10-25(16)17;/h6-8,11H,2-5,9-10,12-13H2,1H3,(H2,20,21,22);1H. The monoisotopic (exact) mass is 472 g/mol. The molecular weight excluding hydrogens is 446 g/mol. The van der Waals surface area contributed by atoms with E-state index < -0.39 is 0 Å². The first kappa shape index (κ1) is 20.6. The summed E-state index contributed by atoms with van der Waals surface area (Å²) in [6.07, 6.45) is 4.60. The van der Waals surface area contributed by atoms with Gasteiger partial charge in [-0.25, -0.2) is 9.38 Å². The second kappa shape index (κ2) is 10.4. The summed E-state index contributed by atoms with van der Waals surface area (Å²) < 4.78 is 15.5. The van der Waals surface area contributed by atoms with E-state index in [9.17, 15) is 4.39 Å². The number of halogens is 2. The van der Waals surface area contributed by atoms with Crippen LogP contribution in [0.5, 0.6) is 0 Å². The third-order valence-corrected chi connectivity index (χ3v) is 4.25. The van der Waals surface area contributed by atoms with Crippen LogP contribution in [-0.4, -0.2) is 27.3 Å². The highest BCUT2D eigenvalue weighted by molar-refractivity contribution is 14.0. The van der Waals surface area contributed by atoms with Gasteiger partial charge in [0, 0.05) is 19.5 Å². The van der Waals surface area contributed by atoms with Crippen LogP contribution in [-0.2, 0) is 26.1 Å². The second-order valence-corrected chi connectivity index (χ2v) is 6.17. The molecule has 0 amide bonds. The number of aliphatic imine (C=N–C) groups is 1. The lowest BCUT2D eigenvalue weighted by molar-refractivity contribution is 0.596. The Kier molecular flexibility index (Phi) is 8.27. The first-order valence-corrected chi connectivity index (χ1v) is 8.94. The highest BCUT2D eigenvalue weighted by atomic mass is 127. The van der Waals surface area contributed by atoms with Crippen LogP contribution >= 0.6 is 24.0 Å². The number of nitrogens with one attached hydrogen (secondary N) is 2. The van der Waals surface area contributed by atoms with Crippen molar-refractivity contribution in [3.8, 4) is 0 Å². The lowest BCUT2D eigenvalue weighted by Gasteiger charge is -2.12. The Morgan fingerprint density at radius 2 is 2.12 bits per heavy atom. The zero-order valence-corrected chi connectivity index (χ0v) is 17.4. The molecule has 0 atom stereocenters. The number of aromatic nitrogens is 3. The minimum absolute atomic E-state index is 0. The summed E-state index contributed by atoms with van der Waals surface area (Å²) in [6, 6.07) is 6.51. The third kappa shape index (κ3) is 5.65. The van der Waals surface area contributed by atoms with E-state index in [-0.39, 0.29) is 29.8 Å². The van der Waals surface area contributed by atoms with Crippen molar-refractivity contribution in [2.75, 3.05) is 6.54 Å². The lowest BCUT2D eigenvalue weighted by Crippen LogP contribution is -2.37. The van der Waals surface area contributed by atoms with E-state index in [1.807, 2.05) is 13.0 Å². The number of hydrogen-bond donors (Lipinski definition) is 2. The molecule has 0 spiro atoms. The minimum atomic E-state index is -0.239. The van der Waals surface area contributed by atoms with Crippen LogP contribution < -0.4 is 10.6 Å². The van der Waals surface area contributed by atoms with Crippen molar-refractivity contribution in [3.63, 3.8) is 0 Å². The predicted molar refractivity (Wildman–Crippen MR) is 111 cm³/mol. The van der Waals surface area contributed by atoms with Crippen LogP contribution in [0, 0.1) is 5.82 Å². The fraction of sp³-hybridized carbons (Fsp3) is 0.500. The van der Waals surface area contributed by atoms with Crippen molar-refractivity contribution in [1.82, 2.24) is 25.4 Å². The maximum atomic E-state index is 13.3. The Balaban J connectivity index is 0.00000243. The smallest absolute Gasteiger partial charge is 0.191 e. The second-order valence-electron chi connectivity index (χ2n) is 6.17. The van der Waals surface area contributed by atoms with E-state index in [0.29, 0.717) is 19.0 Å². The number of rotatable bonds is 5. The molecule has 2 N–H and O–H groups in total. The molecule has 26 heavy (non-hydrogen) atoms. The van der Waals surface area contributed by atoms with Gasteiger partial charge in [0.25, 0.3) is 0 Å². The van der Waals surface area contributed by atoms with E-state index in [2.05, 4.69) is 30.4 Å². The van der Waals surface area contributed by atoms with Gasteiger partial charge in [-0.05, 0) is 37.5 Å². The van der Waals surface area contributed by atoms with Gasteiger partial charge in [-0.1, -0.05) is 18.6 Å². The van der Waals surface area contributed by atoms with E-state index in [1.54, 1.807) is 6.07 Å². The van der Waals surface area contributed by atoms with Crippen molar-refractivity contribution in [2.45, 2.75) is 52.2 Å². The molecule has 0 fully saturated rings. The summed E-state index contributed by atoms with van der Waals surface area (Å²) >= 11 is 0. The van der Waals surface area contributed by atoms with Crippen molar-refractivity contribution >= 4 is 29.9 Å². The highest BCUT2D eigenvalue weighted by Crippen LogP contribution is 2.14. The number of fused-ring (bicyclic) bond motifs is 1. The van der Waals surface area contributed by atoms with Gasteiger partial charge in [-0.2, -0.15) is 0 Å². The summed E-state index contributed by atoms with van der Waals surface area (Å²) in [7, 11) is 0. The van der Waals surface area contributed by atoms with Gasteiger partial charge < -0.3 is 15.2 Å². The highest BCUT2D eigenvalue weighted by Gasteiger charge is 2.14. The topological polar surface area (TPSA) is 67.1 Å². The van der Waals surface area contributed by atoms with Gasteiger partial charge in [0.1, 0.15) is 11.6 Å². The molecule has 0 saturated heterocycles. The molecule has 0 radical (unpaired) electrons. The van der Waals surface area contributed by atoms with Crippen molar-refractivity contribution < 1.29 is 4.39 Å². The molecule has 0 aliphatic carbocycles. The first-order valence-electron chi connectivity index (χ1n) is 8.94. The van der Waals surface area contributed by atoms with Gasteiger partial charge in [-0.3, -0.25) is 0 Å². The summed E-state index contributed by atoms with van der Waals surface area (Å²) in [5.41, 5.74) is 0.841. The average molecular weight is 472 g/mol. The number of aryl methyl sites for hydroxylation is 1. The van der Waals surface area contributed by atoms with Crippen LogP contribution in [0.1, 0.15) is 43.4 Å². The van der Waals surface area contributed by atoms with Crippen LogP contribution in [0.15, 0.2) is 29.3 Å². The van der Waals surface area contributed by atoms with E-state index in [0.717, 1.165) is 36.7 Å². The van der Waals surface area contributed by atoms with Crippen LogP contribution in [0.25, 0.3) is 0 Å². The molecule has 8 heteroatoms. The first-order chi connectivity index (χ1) is 12.3. The average Bonchev–Trinajstić information content (AvgIpc) is 2.84. The molecule has 1 aliphatic rings. The molecule has 0 unspecified atom stereocenters. The Bertz CT molecular complexity index is 730. The van der Waals surface area contributed by atoms with Crippen molar-refractivity contribution in [3.05, 3.63) is 47.3 Å². The lowest BCUT2D eigenvalue weighted by atomic mass is 10.2. The Morgan fingerprint density at radius 1 is 1.23 bits per heavy atom. The number of benzene rings is 1. The van der Waals surface area contributed by atoms with Gasteiger partial charge in [0.2, 0.25) is 0 Å². The van der Waals surface area contributed by atoms with Crippen molar-refractivity contribution in [2.24, 2.45) is 4.99 Å². The Morgan fingerprint density at radius 3 is 2.92 bits per heavy atom. The van der Waals surface area contributed by atoms with Gasteiger partial charge in [-0.15, -0.1) is 34.2 Å². The molecule has 6 nitrogen and oxygen atoms in total. The molecule has 142 valence electrons. The number of guanidine groups is 1. The Hall–Kier alpha value is -1.71. The normalized spacial score (nSPS) is 14.2. The predicted octanol–water partition coefficient (Wildman–Crippen LogP) is 3.02. The summed E-state index contributed by atoms with van der Waals surface area (Å²) in [6.45, 7) is 4.75. The number of hydrogen-bond acceptors (Lipinski definition) is 3. The molecule has 3 rings (SSSR count). The zero-order chi connectivity index (χ0) is 17.5. The van der Waals surface area contributed by atoms with Crippen LogP contribution in [0.3, 0.4) is 0 Å². The SMILES string of the molecule is CCNC(=NCc1cccc(F)c1)NCc1nnc2n1CCCCC2.I. The van der Waals surface area contributed by atoms with E-state index in [1.165, 1.54) is 31.4 Å². The Labute approximate surface area is 170 Å². The maximum Gasteiger partial charge on any atom is 0.191 e. The number of nitrogens with zero attached hydrogens (tertiary/aromatic N) is 4. The van der Waals surface area contributed by atoms with Crippen LogP contribution in [0.2, 0.25) is 0 Å². The maximum absolute atomic E-state index is 13.3. The molecule has 2 aromatic rings. The van der Waals surface area contributed by atoms with E-state index in [4.69, 9.17) is 0 Å². The quantitative estimate of drug-likeness (QED) is 0.399. The largest absolute Gasteiger partial charge is 0.357 e. The molecule has 1 aromatic carbocycles. The molecule has 0 bridgehead atoms. The van der Waals surface area contributed by atoms with Crippen molar-refractivity contribution in [1.29, 1.82) is 0 Å². The molecular formula is C18H26FIN6. The van der Waals surface area contributed by atoms with Gasteiger partial charge in [0.05, 0.1) is 13.1 Å². The summed E-state index contributed by atoms with van der Waals surface area (Å²) in [5, 5.41) is 15.1. The van der Waals surface area contributed by atoms with Gasteiger partial charge >= 0.3 is 0 Å². The molecule has 1 aromatic heterocycles. The molecule has 2 heterocycles. The fourth-order valence-corrected chi connectivity index (χ4v) is 2.99. The van der Waals surface area contributed by atoms with Gasteiger partial charge in [0.15, 0.2) is 11.8 Å².